The Kier molecular flexibility index (Phi) is 4.21. The smallest absolute Gasteiger partial charge is 0.0500 e. The van der Waals surface area contributed by atoms with Crippen molar-refractivity contribution in [1.29, 1.82) is 0 Å². The number of hydrogen-bond donors (Lipinski definition) is 1. The van der Waals surface area contributed by atoms with E-state index in [9.17, 15) is 0 Å². The lowest BCUT2D eigenvalue weighted by Gasteiger charge is -2.07. The molecular weight excluding hydrogens is 255 g/mol. The van der Waals surface area contributed by atoms with Crippen LogP contribution >= 0.6 is 23.2 Å². The van der Waals surface area contributed by atoms with Crippen molar-refractivity contribution in [2.75, 3.05) is 6.54 Å². The Bertz CT molecular complexity index is 526. The molecule has 0 amide bonds. The summed E-state index contributed by atoms with van der Waals surface area (Å²) in [7, 11) is 0. The lowest BCUT2D eigenvalue weighted by molar-refractivity contribution is 0.736. The highest BCUT2D eigenvalue weighted by molar-refractivity contribution is 6.38. The van der Waals surface area contributed by atoms with Crippen LogP contribution in [-0.4, -0.2) is 11.5 Å². The van der Waals surface area contributed by atoms with E-state index in [1.807, 2.05) is 12.1 Å². The van der Waals surface area contributed by atoms with Crippen molar-refractivity contribution < 1.29 is 0 Å². The Morgan fingerprint density at radius 1 is 1.12 bits per heavy atom. The largest absolute Gasteiger partial charge is 0.330 e. The summed E-state index contributed by atoms with van der Waals surface area (Å²) < 4.78 is 0. The van der Waals surface area contributed by atoms with Crippen LogP contribution in [0.15, 0.2) is 24.4 Å². The second-order valence-electron chi connectivity index (χ2n) is 3.99. The average Bonchev–Trinajstić information content (AvgIpc) is 2.30. The number of hydrogen-bond acceptors (Lipinski definition) is 2. The van der Waals surface area contributed by atoms with Crippen molar-refractivity contribution in [3.63, 3.8) is 0 Å². The van der Waals surface area contributed by atoms with Crippen LogP contribution in [0.5, 0.6) is 0 Å². The molecule has 90 valence electrons. The zero-order valence-electron chi connectivity index (χ0n) is 9.42. The maximum atomic E-state index is 6.16. The van der Waals surface area contributed by atoms with Gasteiger partial charge in [0.05, 0.1) is 0 Å². The molecule has 0 fully saturated rings. The van der Waals surface area contributed by atoms with E-state index in [0.717, 1.165) is 35.7 Å². The molecule has 0 saturated heterocycles. The van der Waals surface area contributed by atoms with E-state index in [-0.39, 0.29) is 0 Å². The van der Waals surface area contributed by atoms with E-state index in [0.29, 0.717) is 16.6 Å². The van der Waals surface area contributed by atoms with Gasteiger partial charge in [-0.25, -0.2) is 0 Å². The van der Waals surface area contributed by atoms with Gasteiger partial charge >= 0.3 is 0 Å². The molecule has 0 radical (unpaired) electrons. The quantitative estimate of drug-likeness (QED) is 0.857. The van der Waals surface area contributed by atoms with E-state index < -0.39 is 0 Å². The van der Waals surface area contributed by atoms with Crippen LogP contribution in [0.1, 0.15) is 18.5 Å². The normalized spacial score (nSPS) is 11.0. The summed E-state index contributed by atoms with van der Waals surface area (Å²) in [5.41, 5.74) is 6.53. The number of benzene rings is 1. The molecule has 2 nitrogen and oxygen atoms in total. The molecule has 0 aliphatic heterocycles. The minimum atomic E-state index is 0.649. The second-order valence-corrected chi connectivity index (χ2v) is 4.83. The number of nitrogens with two attached hydrogens (primary N) is 1. The number of unbranched alkanes of at least 4 members (excludes halogenated alkanes) is 1. The molecule has 2 N–H and O–H groups in total. The average molecular weight is 269 g/mol. The van der Waals surface area contributed by atoms with E-state index >= 15 is 0 Å². The summed E-state index contributed by atoms with van der Waals surface area (Å²) in [4.78, 5) is 4.40. The molecule has 0 atom stereocenters. The minimum Gasteiger partial charge on any atom is -0.330 e. The molecule has 0 spiro atoms. The van der Waals surface area contributed by atoms with E-state index in [1.165, 1.54) is 0 Å². The van der Waals surface area contributed by atoms with Crippen LogP contribution in [-0.2, 0) is 6.42 Å². The topological polar surface area (TPSA) is 38.9 Å². The van der Waals surface area contributed by atoms with Gasteiger partial charge in [-0.3, -0.25) is 4.98 Å². The van der Waals surface area contributed by atoms with Gasteiger partial charge in [-0.05, 0) is 44.0 Å². The van der Waals surface area contributed by atoms with Gasteiger partial charge in [0, 0.05) is 32.7 Å². The van der Waals surface area contributed by atoms with Gasteiger partial charge < -0.3 is 5.73 Å². The van der Waals surface area contributed by atoms with Crippen LogP contribution in [0.25, 0.3) is 10.8 Å². The highest BCUT2D eigenvalue weighted by Gasteiger charge is 2.06. The molecule has 0 saturated carbocycles. The van der Waals surface area contributed by atoms with E-state index in [2.05, 4.69) is 4.98 Å². The van der Waals surface area contributed by atoms with Gasteiger partial charge in [0.25, 0.3) is 0 Å². The lowest BCUT2D eigenvalue weighted by atomic mass is 10.1. The third-order valence-corrected chi connectivity index (χ3v) is 3.28. The number of fused-ring (bicyclic) bond motifs is 1. The van der Waals surface area contributed by atoms with Crippen LogP contribution in [0.4, 0.5) is 0 Å². The van der Waals surface area contributed by atoms with Gasteiger partial charge in [0.1, 0.15) is 0 Å². The SMILES string of the molecule is NCCCCc1nccc2c(Cl)cc(Cl)cc12. The van der Waals surface area contributed by atoms with Crippen molar-refractivity contribution in [3.05, 3.63) is 40.1 Å². The molecular formula is C13H14Cl2N2. The molecule has 0 aliphatic rings. The second kappa shape index (κ2) is 5.67. The third kappa shape index (κ3) is 2.89. The summed E-state index contributed by atoms with van der Waals surface area (Å²) in [5.74, 6) is 0. The van der Waals surface area contributed by atoms with Gasteiger partial charge in [-0.15, -0.1) is 0 Å². The lowest BCUT2D eigenvalue weighted by Crippen LogP contribution is -2.00. The third-order valence-electron chi connectivity index (χ3n) is 2.74. The van der Waals surface area contributed by atoms with Gasteiger partial charge in [0.2, 0.25) is 0 Å². The molecule has 1 aromatic carbocycles. The summed E-state index contributed by atoms with van der Waals surface area (Å²) in [6, 6.07) is 5.60. The van der Waals surface area contributed by atoms with Crippen LogP contribution in [0.3, 0.4) is 0 Å². The zero-order chi connectivity index (χ0) is 12.3. The minimum absolute atomic E-state index is 0.649. The van der Waals surface area contributed by atoms with Crippen molar-refractivity contribution in [2.45, 2.75) is 19.3 Å². The molecule has 2 aromatic rings. The van der Waals surface area contributed by atoms with Gasteiger partial charge in [-0.2, -0.15) is 0 Å². The summed E-state index contributed by atoms with van der Waals surface area (Å²) in [6.07, 6.45) is 4.74. The molecule has 0 bridgehead atoms. The number of nitrogens with zero attached hydrogens (tertiary/aromatic N) is 1. The first-order chi connectivity index (χ1) is 8.22. The molecule has 0 aliphatic carbocycles. The number of halogens is 2. The van der Waals surface area contributed by atoms with Crippen molar-refractivity contribution in [1.82, 2.24) is 4.98 Å². The number of aryl methyl sites for hydroxylation is 1. The monoisotopic (exact) mass is 268 g/mol. The van der Waals surface area contributed by atoms with Crippen LogP contribution < -0.4 is 5.73 Å². The highest BCUT2D eigenvalue weighted by atomic mass is 35.5. The molecule has 0 unspecified atom stereocenters. The Morgan fingerprint density at radius 3 is 2.71 bits per heavy atom. The Balaban J connectivity index is 2.42. The first kappa shape index (κ1) is 12.6. The fraction of sp³-hybridized carbons (Fsp3) is 0.308. The first-order valence-electron chi connectivity index (χ1n) is 5.65. The molecule has 4 heteroatoms. The fourth-order valence-corrected chi connectivity index (χ4v) is 2.46. The van der Waals surface area contributed by atoms with Gasteiger partial charge in [-0.1, -0.05) is 23.2 Å². The Morgan fingerprint density at radius 2 is 1.94 bits per heavy atom. The van der Waals surface area contributed by atoms with E-state index in [1.54, 1.807) is 12.3 Å². The number of aromatic nitrogens is 1. The van der Waals surface area contributed by atoms with Crippen LogP contribution in [0, 0.1) is 0 Å². The number of rotatable bonds is 4. The van der Waals surface area contributed by atoms with Crippen molar-refractivity contribution >= 4 is 34.0 Å². The maximum Gasteiger partial charge on any atom is 0.0500 e. The first-order valence-corrected chi connectivity index (χ1v) is 6.40. The summed E-state index contributed by atoms with van der Waals surface area (Å²) in [5, 5.41) is 3.38. The van der Waals surface area contributed by atoms with Crippen molar-refractivity contribution in [2.24, 2.45) is 5.73 Å². The van der Waals surface area contributed by atoms with Crippen molar-refractivity contribution in [3.8, 4) is 0 Å². The predicted molar refractivity (Wildman–Crippen MR) is 73.8 cm³/mol. The standard InChI is InChI=1S/C13H14Cl2N2/c14-9-7-11-10(12(15)8-9)4-6-17-13(11)3-1-2-5-16/h4,6-8H,1-3,5,16H2. The Labute approximate surface area is 111 Å². The summed E-state index contributed by atoms with van der Waals surface area (Å²) >= 11 is 12.2. The zero-order valence-corrected chi connectivity index (χ0v) is 10.9. The molecule has 17 heavy (non-hydrogen) atoms. The predicted octanol–water partition coefficient (Wildman–Crippen LogP) is 3.82. The van der Waals surface area contributed by atoms with E-state index in [4.69, 9.17) is 28.9 Å². The molecule has 1 aromatic heterocycles. The Hall–Kier alpha value is -0.830. The fourth-order valence-electron chi connectivity index (χ4n) is 1.90. The molecule has 1 heterocycles. The maximum absolute atomic E-state index is 6.16. The highest BCUT2D eigenvalue weighted by Crippen LogP contribution is 2.29. The summed E-state index contributed by atoms with van der Waals surface area (Å²) in [6.45, 7) is 0.715. The molecule has 2 rings (SSSR count). The van der Waals surface area contributed by atoms with Gasteiger partial charge in [0.15, 0.2) is 0 Å². The number of pyridine rings is 1. The van der Waals surface area contributed by atoms with Crippen LogP contribution in [0.2, 0.25) is 10.0 Å².